The van der Waals surface area contributed by atoms with Crippen molar-refractivity contribution < 1.29 is 0 Å². The van der Waals surface area contributed by atoms with Crippen molar-refractivity contribution in [1.82, 2.24) is 19.5 Å². The van der Waals surface area contributed by atoms with Crippen LogP contribution in [-0.2, 0) is 0 Å². The summed E-state index contributed by atoms with van der Waals surface area (Å²) in [6.45, 7) is 7.81. The molecule has 0 N–H and O–H groups in total. The van der Waals surface area contributed by atoms with E-state index in [4.69, 9.17) is 21.5 Å². The van der Waals surface area contributed by atoms with E-state index in [0.29, 0.717) is 23.2 Å². The van der Waals surface area contributed by atoms with E-state index < -0.39 is 0 Å². The lowest BCUT2D eigenvalue weighted by atomic mass is 10.0. The second kappa shape index (κ2) is 14.4. The lowest BCUT2D eigenvalue weighted by Crippen LogP contribution is -2.00. The van der Waals surface area contributed by atoms with Crippen LogP contribution in [-0.4, -0.2) is 19.5 Å². The number of hydrogen-bond acceptors (Lipinski definition) is 3. The van der Waals surface area contributed by atoms with Crippen LogP contribution in [0.3, 0.4) is 0 Å². The summed E-state index contributed by atoms with van der Waals surface area (Å²) < 4.78 is 2.27. The van der Waals surface area contributed by atoms with E-state index in [1.165, 1.54) is 5.56 Å². The maximum Gasteiger partial charge on any atom is 0.188 e. The predicted molar refractivity (Wildman–Crippen MR) is 233 cm³/mol. The van der Waals surface area contributed by atoms with Gasteiger partial charge < -0.3 is 4.57 Å². The first-order chi connectivity index (χ1) is 28.2. The van der Waals surface area contributed by atoms with Crippen molar-refractivity contribution in [2.45, 2.75) is 0 Å². The normalized spacial score (nSPS) is 11.1. The van der Waals surface area contributed by atoms with E-state index in [0.717, 1.165) is 72.0 Å². The van der Waals surface area contributed by atoms with Gasteiger partial charge in [-0.25, -0.2) is 19.8 Å². The van der Waals surface area contributed by atoms with Crippen LogP contribution in [0, 0.1) is 6.57 Å². The van der Waals surface area contributed by atoms with E-state index in [1.807, 2.05) is 36.4 Å². The molecule has 0 radical (unpaired) electrons. The second-order valence-electron chi connectivity index (χ2n) is 14.0. The molecule has 0 aliphatic rings. The zero-order valence-corrected chi connectivity index (χ0v) is 30.8. The Morgan fingerprint density at radius 1 is 0.333 bits per heavy atom. The zero-order chi connectivity index (χ0) is 38.1. The summed E-state index contributed by atoms with van der Waals surface area (Å²) in [6.07, 6.45) is 0. The number of aromatic nitrogens is 4. The highest BCUT2D eigenvalue weighted by Crippen LogP contribution is 2.37. The van der Waals surface area contributed by atoms with Crippen LogP contribution in [0.5, 0.6) is 0 Å². The SMILES string of the molecule is [C-]#[N+]c1ccc2c(c1)c1cc(-c3nc(-c4ccc(-c5ccccc5)cc4)nc(-c4ccc(-c5ccccc5)cc4)n3)ccc1n2-c1ccc(-c2ccccc2)cc1. The first-order valence-electron chi connectivity index (χ1n) is 18.9. The molecular weight excluding hydrogens is 695 g/mol. The number of hydrogen-bond donors (Lipinski definition) is 0. The number of nitrogens with zero attached hydrogens (tertiary/aromatic N) is 5. The van der Waals surface area contributed by atoms with Crippen molar-refractivity contribution >= 4 is 27.5 Å². The molecule has 0 fully saturated rings. The van der Waals surface area contributed by atoms with Gasteiger partial charge in [0.1, 0.15) is 0 Å². The van der Waals surface area contributed by atoms with Crippen LogP contribution in [0.2, 0.25) is 0 Å². The standard InChI is InChI=1S/C52H33N5/c1-53-44-28-32-49-47(34-44)46-33-43(27-31-48(46)57(49)45-29-25-40(26-30-45)37-15-9-4-10-16-37)52-55-50(41-21-17-38(18-22-41)35-11-5-2-6-12-35)54-51(56-52)42-23-19-39(20-24-42)36-13-7-3-8-14-36/h2-34H. The van der Waals surface area contributed by atoms with Crippen LogP contribution in [0.25, 0.3) is 99.9 Å². The fraction of sp³-hybridized carbons (Fsp3) is 0. The highest BCUT2D eigenvalue weighted by molar-refractivity contribution is 6.11. The molecular formula is C52H33N5. The van der Waals surface area contributed by atoms with Crippen LogP contribution in [0.15, 0.2) is 200 Å². The molecule has 0 aliphatic carbocycles. The Morgan fingerprint density at radius 3 is 1.14 bits per heavy atom. The van der Waals surface area contributed by atoms with Gasteiger partial charge in [0.15, 0.2) is 23.2 Å². The van der Waals surface area contributed by atoms with Gasteiger partial charge in [-0.1, -0.05) is 158 Å². The quantitative estimate of drug-likeness (QED) is 0.154. The Labute approximate surface area is 330 Å². The monoisotopic (exact) mass is 727 g/mol. The van der Waals surface area contributed by atoms with Crippen molar-refractivity contribution in [3.05, 3.63) is 212 Å². The summed E-state index contributed by atoms with van der Waals surface area (Å²) in [5.74, 6) is 1.77. The van der Waals surface area contributed by atoms with Crippen molar-refractivity contribution in [3.63, 3.8) is 0 Å². The summed E-state index contributed by atoms with van der Waals surface area (Å²) in [7, 11) is 0. The van der Waals surface area contributed by atoms with Crippen LogP contribution in [0.4, 0.5) is 5.69 Å². The van der Waals surface area contributed by atoms with Gasteiger partial charge in [0.05, 0.1) is 17.6 Å². The van der Waals surface area contributed by atoms with E-state index in [9.17, 15) is 0 Å². The average molecular weight is 728 g/mol. The third-order valence-electron chi connectivity index (χ3n) is 10.5. The maximum atomic E-state index is 7.81. The van der Waals surface area contributed by atoms with Crippen LogP contribution >= 0.6 is 0 Å². The Balaban J connectivity index is 1.11. The molecule has 0 spiro atoms. The molecule has 0 saturated carbocycles. The molecule has 266 valence electrons. The first kappa shape index (κ1) is 33.6. The number of fused-ring (bicyclic) bond motifs is 3. The molecule has 5 nitrogen and oxygen atoms in total. The van der Waals surface area contributed by atoms with Gasteiger partial charge in [0.25, 0.3) is 0 Å². The molecule has 0 atom stereocenters. The molecule has 0 unspecified atom stereocenters. The third-order valence-corrected chi connectivity index (χ3v) is 10.5. The van der Waals surface area contributed by atoms with Gasteiger partial charge >= 0.3 is 0 Å². The largest absolute Gasteiger partial charge is 0.309 e. The Hall–Kier alpha value is -7.94. The predicted octanol–water partition coefficient (Wildman–Crippen LogP) is 13.5. The summed E-state index contributed by atoms with van der Waals surface area (Å²) >= 11 is 0. The smallest absolute Gasteiger partial charge is 0.188 e. The van der Waals surface area contributed by atoms with Gasteiger partial charge in [-0.2, -0.15) is 0 Å². The van der Waals surface area contributed by atoms with Crippen LogP contribution in [0.1, 0.15) is 0 Å². The molecule has 0 aliphatic heterocycles. The van der Waals surface area contributed by atoms with Crippen molar-refractivity contribution in [2.24, 2.45) is 0 Å². The first-order valence-corrected chi connectivity index (χ1v) is 18.9. The lowest BCUT2D eigenvalue weighted by Gasteiger charge is -2.11. The minimum absolute atomic E-state index is 0.575. The molecule has 0 amide bonds. The Kier molecular flexibility index (Phi) is 8.48. The maximum absolute atomic E-state index is 7.81. The fourth-order valence-corrected chi connectivity index (χ4v) is 7.58. The average Bonchev–Trinajstić information content (AvgIpc) is 3.63. The third kappa shape index (κ3) is 6.42. The van der Waals surface area contributed by atoms with Crippen LogP contribution < -0.4 is 0 Å². The van der Waals surface area contributed by atoms with E-state index >= 15 is 0 Å². The lowest BCUT2D eigenvalue weighted by molar-refractivity contribution is 1.07. The minimum Gasteiger partial charge on any atom is -0.309 e. The van der Waals surface area contributed by atoms with Crippen molar-refractivity contribution in [3.8, 4) is 73.2 Å². The molecule has 10 aromatic rings. The molecule has 2 heterocycles. The number of rotatable bonds is 7. The molecule has 2 aromatic heterocycles. The zero-order valence-electron chi connectivity index (χ0n) is 30.8. The summed E-state index contributed by atoms with van der Waals surface area (Å²) in [4.78, 5) is 19.1. The fourth-order valence-electron chi connectivity index (χ4n) is 7.58. The van der Waals surface area contributed by atoms with Gasteiger partial charge in [-0.15, -0.1) is 0 Å². The summed E-state index contributed by atoms with van der Waals surface area (Å²) in [6, 6.07) is 68.8. The molecule has 0 saturated heterocycles. The highest BCUT2D eigenvalue weighted by Gasteiger charge is 2.18. The molecule has 0 bridgehead atoms. The van der Waals surface area contributed by atoms with Crippen molar-refractivity contribution in [2.75, 3.05) is 0 Å². The van der Waals surface area contributed by atoms with E-state index in [1.54, 1.807) is 0 Å². The second-order valence-corrected chi connectivity index (χ2v) is 14.0. The Morgan fingerprint density at radius 2 is 0.684 bits per heavy atom. The van der Waals surface area contributed by atoms with Gasteiger partial charge in [0.2, 0.25) is 0 Å². The van der Waals surface area contributed by atoms with Gasteiger partial charge in [0, 0.05) is 27.8 Å². The summed E-state index contributed by atoms with van der Waals surface area (Å²) in [5, 5.41) is 2.01. The molecule has 10 rings (SSSR count). The molecule has 57 heavy (non-hydrogen) atoms. The van der Waals surface area contributed by atoms with Gasteiger partial charge in [-0.3, -0.25) is 0 Å². The number of benzene rings is 8. The minimum atomic E-state index is 0.575. The highest BCUT2D eigenvalue weighted by atomic mass is 15.0. The van der Waals surface area contributed by atoms with E-state index in [2.05, 4.69) is 173 Å². The van der Waals surface area contributed by atoms with Crippen molar-refractivity contribution in [1.29, 1.82) is 0 Å². The Bertz CT molecular complexity index is 2970. The van der Waals surface area contributed by atoms with E-state index in [-0.39, 0.29) is 0 Å². The summed E-state index contributed by atoms with van der Waals surface area (Å²) in [5.41, 5.74) is 13.2. The molecule has 5 heteroatoms. The molecule has 8 aromatic carbocycles. The van der Waals surface area contributed by atoms with Gasteiger partial charge in [-0.05, 0) is 81.2 Å². The topological polar surface area (TPSA) is 48.0 Å².